The fraction of sp³-hybridized carbons (Fsp3) is 0.360. The number of halogens is 2. The van der Waals surface area contributed by atoms with Crippen LogP contribution in [0.3, 0.4) is 0 Å². The summed E-state index contributed by atoms with van der Waals surface area (Å²) in [6, 6.07) is 10.6. The van der Waals surface area contributed by atoms with E-state index in [2.05, 4.69) is 15.3 Å². The Kier molecular flexibility index (Phi) is 6.39. The molecule has 8 nitrogen and oxygen atoms in total. The van der Waals surface area contributed by atoms with Crippen LogP contribution in [0.5, 0.6) is 0 Å². The van der Waals surface area contributed by atoms with Crippen molar-refractivity contribution >= 4 is 15.9 Å². The number of sulfonamides is 1. The minimum absolute atomic E-state index is 0.0289. The molecule has 2 saturated heterocycles. The van der Waals surface area contributed by atoms with Crippen molar-refractivity contribution in [3.63, 3.8) is 0 Å². The highest BCUT2D eigenvalue weighted by atomic mass is 32.2. The first-order chi connectivity index (χ1) is 17.2. The number of nitrogens with one attached hydrogen (secondary N) is 2. The van der Waals surface area contributed by atoms with Crippen LogP contribution in [0.15, 0.2) is 55.0 Å². The minimum Gasteiger partial charge on any atom is -0.376 e. The summed E-state index contributed by atoms with van der Waals surface area (Å²) in [7, 11) is -3.81. The molecule has 11 heteroatoms. The van der Waals surface area contributed by atoms with Crippen LogP contribution in [-0.2, 0) is 26.8 Å². The van der Waals surface area contributed by atoms with Crippen LogP contribution in [0.4, 0.5) is 8.78 Å². The molecule has 5 rings (SSSR count). The molecule has 2 N–H and O–H groups in total. The lowest BCUT2D eigenvalue weighted by atomic mass is 9.86. The Morgan fingerprint density at radius 2 is 1.94 bits per heavy atom. The molecule has 0 radical (unpaired) electrons. The van der Waals surface area contributed by atoms with Gasteiger partial charge in [0, 0.05) is 23.7 Å². The SMILES string of the molecule is CC1CC[C@@H](c2ccccc2)S(=O)(=O)N1Cc1cc(F)c(C2(NC(=O)c3cnc[nH]3)COC2)cc1F. The molecule has 36 heavy (non-hydrogen) atoms. The number of nitrogens with zero attached hydrogens (tertiary/aromatic N) is 2. The molecule has 3 heterocycles. The van der Waals surface area contributed by atoms with Crippen molar-refractivity contribution in [3.8, 4) is 0 Å². The molecule has 1 aromatic heterocycles. The van der Waals surface area contributed by atoms with E-state index in [0.717, 1.165) is 12.1 Å². The number of benzene rings is 2. The van der Waals surface area contributed by atoms with E-state index >= 15 is 8.78 Å². The van der Waals surface area contributed by atoms with E-state index in [1.807, 2.05) is 6.07 Å². The molecule has 0 saturated carbocycles. The largest absolute Gasteiger partial charge is 0.376 e. The monoisotopic (exact) mass is 516 g/mol. The fourth-order valence-electron chi connectivity index (χ4n) is 4.86. The average Bonchev–Trinajstić information content (AvgIpc) is 3.37. The van der Waals surface area contributed by atoms with E-state index in [0.29, 0.717) is 18.4 Å². The molecule has 0 aliphatic carbocycles. The van der Waals surface area contributed by atoms with Crippen molar-refractivity contribution < 1.29 is 26.7 Å². The van der Waals surface area contributed by atoms with Gasteiger partial charge in [-0.15, -0.1) is 0 Å². The van der Waals surface area contributed by atoms with Crippen molar-refractivity contribution in [2.45, 2.75) is 43.1 Å². The first-order valence-electron chi connectivity index (χ1n) is 11.6. The number of hydrogen-bond donors (Lipinski definition) is 2. The van der Waals surface area contributed by atoms with Gasteiger partial charge in [0.15, 0.2) is 0 Å². The maximum atomic E-state index is 15.4. The lowest BCUT2D eigenvalue weighted by Gasteiger charge is -2.42. The molecule has 2 fully saturated rings. The van der Waals surface area contributed by atoms with Gasteiger partial charge < -0.3 is 15.0 Å². The number of H-pyrrole nitrogens is 1. The highest BCUT2D eigenvalue weighted by molar-refractivity contribution is 7.89. The first kappa shape index (κ1) is 24.5. The summed E-state index contributed by atoms with van der Waals surface area (Å²) in [6.07, 6.45) is 3.72. The summed E-state index contributed by atoms with van der Waals surface area (Å²) in [5.41, 5.74) is -0.517. The quantitative estimate of drug-likeness (QED) is 0.523. The van der Waals surface area contributed by atoms with Crippen molar-refractivity contribution in [1.82, 2.24) is 19.6 Å². The van der Waals surface area contributed by atoms with Gasteiger partial charge in [0.2, 0.25) is 10.0 Å². The van der Waals surface area contributed by atoms with Gasteiger partial charge in [-0.1, -0.05) is 30.3 Å². The number of aromatic amines is 1. The molecular formula is C25H26F2N4O4S. The van der Waals surface area contributed by atoms with Gasteiger partial charge in [-0.25, -0.2) is 22.2 Å². The van der Waals surface area contributed by atoms with E-state index in [9.17, 15) is 13.2 Å². The van der Waals surface area contributed by atoms with E-state index < -0.39 is 38.4 Å². The number of rotatable bonds is 6. The smallest absolute Gasteiger partial charge is 0.270 e. The van der Waals surface area contributed by atoms with E-state index in [1.165, 1.54) is 16.8 Å². The number of ether oxygens (including phenoxy) is 1. The third kappa shape index (κ3) is 4.31. The van der Waals surface area contributed by atoms with Crippen LogP contribution >= 0.6 is 0 Å². The summed E-state index contributed by atoms with van der Waals surface area (Å²) >= 11 is 0. The zero-order valence-corrected chi connectivity index (χ0v) is 20.4. The van der Waals surface area contributed by atoms with Crippen LogP contribution in [0.25, 0.3) is 0 Å². The lowest BCUT2D eigenvalue weighted by Crippen LogP contribution is -2.60. The second-order valence-corrected chi connectivity index (χ2v) is 11.4. The Morgan fingerprint density at radius 3 is 2.58 bits per heavy atom. The number of imidazole rings is 1. The predicted octanol–water partition coefficient (Wildman–Crippen LogP) is 3.40. The Balaban J connectivity index is 1.42. The minimum atomic E-state index is -3.81. The van der Waals surface area contributed by atoms with Crippen molar-refractivity contribution in [1.29, 1.82) is 0 Å². The Labute approximate surface area is 207 Å². The summed E-state index contributed by atoms with van der Waals surface area (Å²) in [4.78, 5) is 19.0. The molecule has 2 aliphatic heterocycles. The normalized spacial score (nSPS) is 23.1. The molecule has 2 atom stereocenters. The van der Waals surface area contributed by atoms with Crippen LogP contribution in [0.1, 0.15) is 52.2 Å². The molecule has 3 aromatic rings. The summed E-state index contributed by atoms with van der Waals surface area (Å²) < 4.78 is 64.1. The molecule has 0 bridgehead atoms. The number of amides is 1. The van der Waals surface area contributed by atoms with Crippen LogP contribution in [0, 0.1) is 11.6 Å². The first-order valence-corrected chi connectivity index (χ1v) is 13.1. The zero-order chi connectivity index (χ0) is 25.5. The molecular weight excluding hydrogens is 490 g/mol. The Bertz CT molecular complexity index is 1360. The fourth-order valence-corrected chi connectivity index (χ4v) is 7.05. The van der Waals surface area contributed by atoms with Crippen molar-refractivity contribution in [2.24, 2.45) is 0 Å². The molecule has 1 unspecified atom stereocenters. The number of carbonyl (C=O) groups excluding carboxylic acids is 1. The van der Waals surface area contributed by atoms with Gasteiger partial charge in [0.1, 0.15) is 28.1 Å². The maximum Gasteiger partial charge on any atom is 0.270 e. The van der Waals surface area contributed by atoms with E-state index in [-0.39, 0.29) is 42.6 Å². The van der Waals surface area contributed by atoms with Gasteiger partial charge in [-0.3, -0.25) is 4.79 Å². The Hall–Kier alpha value is -3.15. The number of aromatic nitrogens is 2. The van der Waals surface area contributed by atoms with Crippen molar-refractivity contribution in [3.05, 3.63) is 89.0 Å². The topological polar surface area (TPSA) is 104 Å². The molecule has 0 spiro atoms. The third-order valence-electron chi connectivity index (χ3n) is 6.97. The number of carbonyl (C=O) groups is 1. The van der Waals surface area contributed by atoms with Gasteiger partial charge in [-0.05, 0) is 37.5 Å². The second kappa shape index (κ2) is 9.38. The van der Waals surface area contributed by atoms with Crippen molar-refractivity contribution in [2.75, 3.05) is 13.2 Å². The lowest BCUT2D eigenvalue weighted by molar-refractivity contribution is -0.0751. The summed E-state index contributed by atoms with van der Waals surface area (Å²) in [5.74, 6) is -2.03. The van der Waals surface area contributed by atoms with E-state index in [4.69, 9.17) is 4.74 Å². The predicted molar refractivity (Wildman–Crippen MR) is 127 cm³/mol. The maximum absolute atomic E-state index is 15.4. The van der Waals surface area contributed by atoms with Crippen LogP contribution < -0.4 is 5.32 Å². The Morgan fingerprint density at radius 1 is 1.19 bits per heavy atom. The van der Waals surface area contributed by atoms with Gasteiger partial charge >= 0.3 is 0 Å². The van der Waals surface area contributed by atoms with Crippen LogP contribution in [-0.4, -0.2) is 47.9 Å². The molecule has 2 aliphatic rings. The van der Waals surface area contributed by atoms with Gasteiger partial charge in [0.25, 0.3) is 5.91 Å². The van der Waals surface area contributed by atoms with Crippen LogP contribution in [0.2, 0.25) is 0 Å². The van der Waals surface area contributed by atoms with E-state index in [1.54, 1.807) is 31.2 Å². The zero-order valence-electron chi connectivity index (χ0n) is 19.6. The second-order valence-electron chi connectivity index (χ2n) is 9.33. The van der Waals surface area contributed by atoms with Gasteiger partial charge in [0.05, 0.1) is 25.7 Å². The summed E-state index contributed by atoms with van der Waals surface area (Å²) in [5, 5.41) is 1.97. The number of hydrogen-bond acceptors (Lipinski definition) is 5. The highest BCUT2D eigenvalue weighted by Gasteiger charge is 2.45. The molecule has 1 amide bonds. The molecule has 2 aromatic carbocycles. The standard InChI is InChI=1S/C25H26F2N4O4S/c1-16-7-8-23(17-5-3-2-4-6-17)36(33,34)31(16)12-18-9-21(27)19(10-20(18)26)25(13-35-14-25)30-24(32)22-11-28-15-29-22/h2-6,9-11,15-16,23H,7-8,12-14H2,1H3,(H,28,29)(H,30,32)/t16?,23-/m0/s1. The summed E-state index contributed by atoms with van der Waals surface area (Å²) in [6.45, 7) is 1.42. The third-order valence-corrected chi connectivity index (χ3v) is 9.34. The molecule has 190 valence electrons. The average molecular weight is 517 g/mol. The van der Waals surface area contributed by atoms with Gasteiger partial charge in [-0.2, -0.15) is 4.31 Å². The highest BCUT2D eigenvalue weighted by Crippen LogP contribution is 2.39.